The van der Waals surface area contributed by atoms with Gasteiger partial charge in [0.25, 0.3) is 0 Å². The summed E-state index contributed by atoms with van der Waals surface area (Å²) in [7, 11) is 0. The van der Waals surface area contributed by atoms with Gasteiger partial charge in [-0.2, -0.15) is 0 Å². The number of thiophene rings is 1. The lowest BCUT2D eigenvalue weighted by atomic mass is 10.1. The van der Waals surface area contributed by atoms with Gasteiger partial charge in [-0.1, -0.05) is 0 Å². The van der Waals surface area contributed by atoms with Crippen molar-refractivity contribution in [3.63, 3.8) is 0 Å². The molecule has 0 fully saturated rings. The van der Waals surface area contributed by atoms with Crippen molar-refractivity contribution in [3.05, 3.63) is 21.4 Å². The molecule has 0 amide bonds. The highest BCUT2D eigenvalue weighted by Crippen LogP contribution is 2.26. The molecule has 1 aromatic heterocycles. The Morgan fingerprint density at radius 1 is 1.64 bits per heavy atom. The fourth-order valence-electron chi connectivity index (χ4n) is 1.27. The number of carbonyl (C=O) groups is 1. The van der Waals surface area contributed by atoms with Crippen LogP contribution < -0.4 is 0 Å². The fraction of sp³-hybridized carbons (Fsp3) is 0.500. The molecular formula is C10H14O3S. The van der Waals surface area contributed by atoms with E-state index < -0.39 is 12.1 Å². The van der Waals surface area contributed by atoms with Gasteiger partial charge >= 0.3 is 5.97 Å². The van der Waals surface area contributed by atoms with E-state index in [-0.39, 0.29) is 6.61 Å². The molecule has 0 bridgehead atoms. The molecule has 3 nitrogen and oxygen atoms in total. The molecule has 0 saturated carbocycles. The average Bonchev–Trinajstić information content (AvgIpc) is 2.44. The van der Waals surface area contributed by atoms with Crippen molar-refractivity contribution in [3.8, 4) is 0 Å². The zero-order chi connectivity index (χ0) is 10.7. The van der Waals surface area contributed by atoms with Gasteiger partial charge in [0.15, 0.2) is 6.10 Å². The number of aliphatic hydroxyl groups excluding tert-OH is 1. The van der Waals surface area contributed by atoms with Crippen molar-refractivity contribution in [1.29, 1.82) is 0 Å². The molecular weight excluding hydrogens is 200 g/mol. The molecule has 0 aliphatic rings. The summed E-state index contributed by atoms with van der Waals surface area (Å²) in [6.45, 7) is 5.84. The van der Waals surface area contributed by atoms with Crippen molar-refractivity contribution >= 4 is 17.3 Å². The molecule has 4 heteroatoms. The van der Waals surface area contributed by atoms with E-state index in [9.17, 15) is 9.90 Å². The maximum absolute atomic E-state index is 11.2. The van der Waals surface area contributed by atoms with Gasteiger partial charge in [-0.05, 0) is 26.8 Å². The van der Waals surface area contributed by atoms with Crippen LogP contribution in [-0.2, 0) is 9.53 Å². The number of hydrogen-bond donors (Lipinski definition) is 1. The minimum atomic E-state index is -1.14. The second-order valence-corrected chi connectivity index (χ2v) is 4.48. The van der Waals surface area contributed by atoms with E-state index in [4.69, 9.17) is 4.74 Å². The lowest BCUT2D eigenvalue weighted by molar-refractivity contribution is -0.153. The maximum atomic E-state index is 11.2. The second kappa shape index (κ2) is 4.57. The number of esters is 1. The number of hydrogen-bond acceptors (Lipinski definition) is 4. The van der Waals surface area contributed by atoms with Crippen molar-refractivity contribution in [1.82, 2.24) is 0 Å². The largest absolute Gasteiger partial charge is 0.464 e. The Labute approximate surface area is 87.3 Å². The lowest BCUT2D eigenvalue weighted by Gasteiger charge is -2.08. The zero-order valence-corrected chi connectivity index (χ0v) is 9.35. The third kappa shape index (κ3) is 2.33. The summed E-state index contributed by atoms with van der Waals surface area (Å²) in [4.78, 5) is 13.3. The summed E-state index contributed by atoms with van der Waals surface area (Å²) in [5.41, 5.74) is 0.658. The molecule has 1 heterocycles. The van der Waals surface area contributed by atoms with Crippen molar-refractivity contribution in [2.24, 2.45) is 0 Å². The van der Waals surface area contributed by atoms with Crippen LogP contribution in [0.5, 0.6) is 0 Å². The molecule has 1 atom stereocenters. The third-order valence-corrected chi connectivity index (χ3v) is 2.87. The summed E-state index contributed by atoms with van der Waals surface area (Å²) in [6, 6.07) is 1.82. The summed E-state index contributed by atoms with van der Waals surface area (Å²) in [5.74, 6) is -0.576. The minimum absolute atomic E-state index is 0.290. The number of aliphatic hydroxyl groups is 1. The molecule has 78 valence electrons. The van der Waals surface area contributed by atoms with Crippen LogP contribution in [0.25, 0.3) is 0 Å². The van der Waals surface area contributed by atoms with E-state index in [0.29, 0.717) is 5.56 Å². The van der Waals surface area contributed by atoms with Gasteiger partial charge in [-0.15, -0.1) is 11.3 Å². The quantitative estimate of drug-likeness (QED) is 0.782. The molecule has 1 rings (SSSR count). The van der Waals surface area contributed by atoms with Gasteiger partial charge in [0.1, 0.15) is 0 Å². The third-order valence-electron chi connectivity index (χ3n) is 1.88. The highest BCUT2D eigenvalue weighted by molar-refractivity contribution is 7.12. The number of rotatable bonds is 3. The van der Waals surface area contributed by atoms with Gasteiger partial charge in [0.2, 0.25) is 0 Å². The zero-order valence-electron chi connectivity index (χ0n) is 8.53. The van der Waals surface area contributed by atoms with Crippen LogP contribution >= 0.6 is 11.3 Å². The van der Waals surface area contributed by atoms with Crippen LogP contribution in [0, 0.1) is 13.8 Å². The Kier molecular flexibility index (Phi) is 3.66. The SMILES string of the molecule is CCOC(=O)C(O)c1cc(C)sc1C. The van der Waals surface area contributed by atoms with E-state index in [0.717, 1.165) is 9.75 Å². The van der Waals surface area contributed by atoms with Crippen LogP contribution in [0.2, 0.25) is 0 Å². The van der Waals surface area contributed by atoms with Gasteiger partial charge in [0, 0.05) is 15.3 Å². The first-order valence-corrected chi connectivity index (χ1v) is 5.29. The van der Waals surface area contributed by atoms with Crippen LogP contribution in [0.15, 0.2) is 6.07 Å². The first-order valence-electron chi connectivity index (χ1n) is 4.48. The monoisotopic (exact) mass is 214 g/mol. The molecule has 0 saturated heterocycles. The molecule has 0 aliphatic carbocycles. The number of aryl methyl sites for hydroxylation is 2. The fourth-order valence-corrected chi connectivity index (χ4v) is 2.23. The first kappa shape index (κ1) is 11.2. The Hall–Kier alpha value is -0.870. The molecule has 0 spiro atoms. The van der Waals surface area contributed by atoms with E-state index >= 15 is 0 Å². The molecule has 0 aliphatic heterocycles. The van der Waals surface area contributed by atoms with E-state index in [2.05, 4.69) is 0 Å². The Balaban J connectivity index is 2.83. The van der Waals surface area contributed by atoms with Crippen LogP contribution in [-0.4, -0.2) is 17.7 Å². The predicted octanol–water partition coefficient (Wildman–Crippen LogP) is 1.96. The van der Waals surface area contributed by atoms with Gasteiger partial charge in [0.05, 0.1) is 6.61 Å². The summed E-state index contributed by atoms with van der Waals surface area (Å²) in [6.07, 6.45) is -1.14. The molecule has 14 heavy (non-hydrogen) atoms. The molecule has 0 aromatic carbocycles. The highest BCUT2D eigenvalue weighted by atomic mass is 32.1. The summed E-state index contributed by atoms with van der Waals surface area (Å²) >= 11 is 1.57. The van der Waals surface area contributed by atoms with Crippen LogP contribution in [0.3, 0.4) is 0 Å². The minimum Gasteiger partial charge on any atom is -0.464 e. The average molecular weight is 214 g/mol. The van der Waals surface area contributed by atoms with E-state index in [1.165, 1.54) is 0 Å². The molecule has 1 aromatic rings. The lowest BCUT2D eigenvalue weighted by Crippen LogP contribution is -2.15. The first-order chi connectivity index (χ1) is 6.56. The summed E-state index contributed by atoms with van der Waals surface area (Å²) in [5, 5.41) is 9.65. The topological polar surface area (TPSA) is 46.5 Å². The highest BCUT2D eigenvalue weighted by Gasteiger charge is 2.21. The van der Waals surface area contributed by atoms with Crippen LogP contribution in [0.4, 0.5) is 0 Å². The number of ether oxygens (including phenoxy) is 1. The van der Waals surface area contributed by atoms with E-state index in [1.54, 1.807) is 18.3 Å². The van der Waals surface area contributed by atoms with Crippen molar-refractivity contribution in [2.75, 3.05) is 6.61 Å². The maximum Gasteiger partial charge on any atom is 0.339 e. The standard InChI is InChI=1S/C10H14O3S/c1-4-13-10(12)9(11)8-5-6(2)14-7(8)3/h5,9,11H,4H2,1-3H3. The second-order valence-electron chi connectivity index (χ2n) is 3.02. The molecule has 1 N–H and O–H groups in total. The predicted molar refractivity (Wildman–Crippen MR) is 55.4 cm³/mol. The van der Waals surface area contributed by atoms with Crippen molar-refractivity contribution < 1.29 is 14.6 Å². The van der Waals surface area contributed by atoms with Crippen LogP contribution in [0.1, 0.15) is 28.3 Å². The van der Waals surface area contributed by atoms with Gasteiger partial charge < -0.3 is 9.84 Å². The smallest absolute Gasteiger partial charge is 0.339 e. The molecule has 1 unspecified atom stereocenters. The Morgan fingerprint density at radius 2 is 2.29 bits per heavy atom. The number of carbonyl (C=O) groups excluding carboxylic acids is 1. The Bertz CT molecular complexity index is 330. The normalized spacial score (nSPS) is 12.6. The Morgan fingerprint density at radius 3 is 2.71 bits per heavy atom. The van der Waals surface area contributed by atoms with Gasteiger partial charge in [-0.25, -0.2) is 4.79 Å². The summed E-state index contributed by atoms with van der Waals surface area (Å²) < 4.78 is 4.74. The molecule has 0 radical (unpaired) electrons. The van der Waals surface area contributed by atoms with Crippen molar-refractivity contribution in [2.45, 2.75) is 26.9 Å². The van der Waals surface area contributed by atoms with Gasteiger partial charge in [-0.3, -0.25) is 0 Å². The van der Waals surface area contributed by atoms with E-state index in [1.807, 2.05) is 19.9 Å².